The smallest absolute Gasteiger partial charge is 0.409 e. The van der Waals surface area contributed by atoms with Crippen LogP contribution in [-0.4, -0.2) is 36.6 Å². The topological polar surface area (TPSA) is 58.6 Å². The van der Waals surface area contributed by atoms with Gasteiger partial charge in [0.25, 0.3) is 0 Å². The molecule has 102 valence electrons. The molecule has 5 nitrogen and oxygen atoms in total. The number of benzene rings is 1. The van der Waals surface area contributed by atoms with Gasteiger partial charge in [-0.05, 0) is 12.1 Å². The van der Waals surface area contributed by atoms with Crippen molar-refractivity contribution >= 4 is 17.7 Å². The van der Waals surface area contributed by atoms with Gasteiger partial charge < -0.3 is 15.0 Å². The second-order valence-electron chi connectivity index (χ2n) is 4.02. The first-order valence-corrected chi connectivity index (χ1v) is 5.73. The van der Waals surface area contributed by atoms with Crippen molar-refractivity contribution in [3.63, 3.8) is 0 Å². The molecule has 2 rings (SSSR count). The van der Waals surface area contributed by atoms with Crippen LogP contribution in [-0.2, 0) is 9.53 Å². The summed E-state index contributed by atoms with van der Waals surface area (Å²) in [5.74, 6) is -2.01. The van der Waals surface area contributed by atoms with E-state index in [0.717, 1.165) is 12.1 Å². The number of nitrogens with one attached hydrogen (secondary N) is 1. The Morgan fingerprint density at radius 2 is 2.21 bits per heavy atom. The van der Waals surface area contributed by atoms with Gasteiger partial charge in [-0.25, -0.2) is 13.6 Å². The Morgan fingerprint density at radius 1 is 1.42 bits per heavy atom. The van der Waals surface area contributed by atoms with E-state index in [0.29, 0.717) is 19.2 Å². The summed E-state index contributed by atoms with van der Waals surface area (Å²) in [5, 5.41) is 2.32. The first-order chi connectivity index (χ1) is 9.06. The summed E-state index contributed by atoms with van der Waals surface area (Å²) in [6, 6.07) is 2.89. The van der Waals surface area contributed by atoms with Crippen molar-refractivity contribution in [1.29, 1.82) is 0 Å². The molecule has 1 aliphatic rings. The fourth-order valence-corrected chi connectivity index (χ4v) is 1.67. The highest BCUT2D eigenvalue weighted by Gasteiger charge is 2.22. The van der Waals surface area contributed by atoms with E-state index in [9.17, 15) is 18.4 Å². The highest BCUT2D eigenvalue weighted by molar-refractivity contribution is 5.91. The van der Waals surface area contributed by atoms with Crippen LogP contribution in [0.1, 0.15) is 6.42 Å². The SMILES string of the molecule is O=C(CCN1CCOC1=O)Nc1ccc(F)cc1F. The van der Waals surface area contributed by atoms with Gasteiger partial charge in [-0.3, -0.25) is 4.79 Å². The standard InChI is InChI=1S/C12H12F2N2O3/c13-8-1-2-10(9(14)7-8)15-11(17)3-4-16-5-6-19-12(16)18/h1-2,7H,3-6H2,(H,15,17). The Kier molecular flexibility index (Phi) is 3.94. The molecule has 0 bridgehead atoms. The molecule has 1 saturated heterocycles. The van der Waals surface area contributed by atoms with Crippen molar-refractivity contribution in [3.05, 3.63) is 29.8 Å². The van der Waals surface area contributed by atoms with Gasteiger partial charge in [-0.1, -0.05) is 0 Å². The average molecular weight is 270 g/mol. The van der Waals surface area contributed by atoms with E-state index >= 15 is 0 Å². The lowest BCUT2D eigenvalue weighted by atomic mass is 10.2. The fourth-order valence-electron chi connectivity index (χ4n) is 1.67. The van der Waals surface area contributed by atoms with E-state index in [1.165, 1.54) is 4.90 Å². The number of hydrogen-bond donors (Lipinski definition) is 1. The van der Waals surface area contributed by atoms with E-state index in [1.807, 2.05) is 0 Å². The van der Waals surface area contributed by atoms with Gasteiger partial charge in [0, 0.05) is 19.0 Å². The van der Waals surface area contributed by atoms with Crippen LogP contribution >= 0.6 is 0 Å². The van der Waals surface area contributed by atoms with Crippen LogP contribution in [0.15, 0.2) is 18.2 Å². The summed E-state index contributed by atoms with van der Waals surface area (Å²) < 4.78 is 30.6. The average Bonchev–Trinajstić information content (AvgIpc) is 2.76. The lowest BCUT2D eigenvalue weighted by Crippen LogP contribution is -2.28. The van der Waals surface area contributed by atoms with Crippen LogP contribution in [0, 0.1) is 11.6 Å². The molecular weight excluding hydrogens is 258 g/mol. The number of hydrogen-bond acceptors (Lipinski definition) is 3. The van der Waals surface area contributed by atoms with Crippen LogP contribution < -0.4 is 5.32 Å². The third-order valence-corrected chi connectivity index (χ3v) is 2.66. The Balaban J connectivity index is 1.85. The number of amides is 2. The zero-order valence-electron chi connectivity index (χ0n) is 9.99. The molecule has 1 fully saturated rings. The number of ether oxygens (including phenoxy) is 1. The maximum Gasteiger partial charge on any atom is 0.409 e. The van der Waals surface area contributed by atoms with Gasteiger partial charge in [0.1, 0.15) is 18.2 Å². The third-order valence-electron chi connectivity index (χ3n) is 2.66. The molecule has 0 unspecified atom stereocenters. The quantitative estimate of drug-likeness (QED) is 0.906. The minimum atomic E-state index is -0.839. The van der Waals surface area contributed by atoms with Crippen LogP contribution in [0.2, 0.25) is 0 Å². The van der Waals surface area contributed by atoms with Gasteiger partial charge in [-0.15, -0.1) is 0 Å². The molecule has 0 atom stereocenters. The number of cyclic esters (lactones) is 1. The van der Waals surface area contributed by atoms with E-state index in [2.05, 4.69) is 5.32 Å². The van der Waals surface area contributed by atoms with Gasteiger partial charge in [0.15, 0.2) is 0 Å². The second kappa shape index (κ2) is 5.64. The van der Waals surface area contributed by atoms with Crippen molar-refractivity contribution in [2.24, 2.45) is 0 Å². The third kappa shape index (κ3) is 3.40. The van der Waals surface area contributed by atoms with Crippen molar-refractivity contribution in [2.75, 3.05) is 25.0 Å². The molecule has 0 spiro atoms. The first-order valence-electron chi connectivity index (χ1n) is 5.73. The molecule has 19 heavy (non-hydrogen) atoms. The molecule has 2 amide bonds. The molecule has 1 heterocycles. The van der Waals surface area contributed by atoms with E-state index < -0.39 is 23.6 Å². The van der Waals surface area contributed by atoms with E-state index in [1.54, 1.807) is 0 Å². The van der Waals surface area contributed by atoms with Crippen LogP contribution in [0.3, 0.4) is 0 Å². The second-order valence-corrected chi connectivity index (χ2v) is 4.02. The maximum absolute atomic E-state index is 13.3. The van der Waals surface area contributed by atoms with Crippen molar-refractivity contribution in [2.45, 2.75) is 6.42 Å². The van der Waals surface area contributed by atoms with Crippen molar-refractivity contribution in [1.82, 2.24) is 4.90 Å². The van der Waals surface area contributed by atoms with Gasteiger partial charge in [-0.2, -0.15) is 0 Å². The zero-order chi connectivity index (χ0) is 13.8. The van der Waals surface area contributed by atoms with E-state index in [4.69, 9.17) is 4.74 Å². The van der Waals surface area contributed by atoms with Crippen molar-refractivity contribution < 1.29 is 23.1 Å². The summed E-state index contributed by atoms with van der Waals surface area (Å²) in [6.45, 7) is 0.956. The van der Waals surface area contributed by atoms with Gasteiger partial charge >= 0.3 is 6.09 Å². The van der Waals surface area contributed by atoms with E-state index in [-0.39, 0.29) is 18.7 Å². The molecule has 1 aromatic rings. The highest BCUT2D eigenvalue weighted by atomic mass is 19.1. The first kappa shape index (κ1) is 13.3. The monoisotopic (exact) mass is 270 g/mol. The van der Waals surface area contributed by atoms with Gasteiger partial charge in [0.2, 0.25) is 5.91 Å². The summed E-state index contributed by atoms with van der Waals surface area (Å²) in [6.07, 6.45) is -0.438. The predicted molar refractivity (Wildman–Crippen MR) is 62.5 cm³/mol. The highest BCUT2D eigenvalue weighted by Crippen LogP contribution is 2.15. The lowest BCUT2D eigenvalue weighted by molar-refractivity contribution is -0.116. The predicted octanol–water partition coefficient (Wildman–Crippen LogP) is 1.75. The Morgan fingerprint density at radius 3 is 2.84 bits per heavy atom. The molecule has 0 radical (unpaired) electrons. The fraction of sp³-hybridized carbons (Fsp3) is 0.333. The van der Waals surface area contributed by atoms with Crippen LogP contribution in [0.5, 0.6) is 0 Å². The summed E-state index contributed by atoms with van der Waals surface area (Å²) in [4.78, 5) is 24.1. The molecular formula is C12H12F2N2O3. The molecule has 1 aromatic carbocycles. The van der Waals surface area contributed by atoms with Crippen LogP contribution in [0.4, 0.5) is 19.3 Å². The van der Waals surface area contributed by atoms with Crippen molar-refractivity contribution in [3.8, 4) is 0 Å². The Labute approximate surface area is 108 Å². The molecule has 7 heteroatoms. The molecule has 0 saturated carbocycles. The number of carbonyl (C=O) groups is 2. The number of rotatable bonds is 4. The number of anilines is 1. The summed E-state index contributed by atoms with van der Waals surface area (Å²) >= 11 is 0. The molecule has 0 aromatic heterocycles. The number of nitrogens with zero attached hydrogens (tertiary/aromatic N) is 1. The molecule has 1 N–H and O–H groups in total. The molecule has 1 aliphatic heterocycles. The summed E-state index contributed by atoms with van der Waals surface area (Å²) in [5.41, 5.74) is -0.0876. The normalized spacial score (nSPS) is 14.4. The maximum atomic E-state index is 13.3. The largest absolute Gasteiger partial charge is 0.448 e. The van der Waals surface area contributed by atoms with Crippen LogP contribution in [0.25, 0.3) is 0 Å². The zero-order valence-corrected chi connectivity index (χ0v) is 9.99. The number of halogens is 2. The summed E-state index contributed by atoms with van der Waals surface area (Å²) in [7, 11) is 0. The molecule has 0 aliphatic carbocycles. The minimum Gasteiger partial charge on any atom is -0.448 e. The lowest BCUT2D eigenvalue weighted by Gasteiger charge is -2.12. The Hall–Kier alpha value is -2.18. The number of carbonyl (C=O) groups excluding carboxylic acids is 2. The minimum absolute atomic E-state index is 0.0198. The Bertz CT molecular complexity index is 508. The van der Waals surface area contributed by atoms with Gasteiger partial charge in [0.05, 0.1) is 12.2 Å².